The summed E-state index contributed by atoms with van der Waals surface area (Å²) < 4.78 is 0. The van der Waals surface area contributed by atoms with Gasteiger partial charge in [-0.25, -0.2) is 0 Å². The third-order valence-corrected chi connectivity index (χ3v) is 2.91. The zero-order valence-corrected chi connectivity index (χ0v) is 10.1. The molecule has 0 bridgehead atoms. The van der Waals surface area contributed by atoms with Gasteiger partial charge in [0.15, 0.2) is 0 Å². The molecule has 0 aromatic carbocycles. The van der Waals surface area contributed by atoms with Gasteiger partial charge in [-0.05, 0) is 31.8 Å². The molecular formula is C13H24N2. The van der Waals surface area contributed by atoms with Crippen LogP contribution in [0.3, 0.4) is 0 Å². The Morgan fingerprint density at radius 3 is 2.60 bits per heavy atom. The van der Waals surface area contributed by atoms with Crippen LogP contribution in [0.15, 0.2) is 0 Å². The average molecular weight is 208 g/mol. The summed E-state index contributed by atoms with van der Waals surface area (Å²) in [6.45, 7) is 9.29. The third kappa shape index (κ3) is 5.20. The molecule has 0 spiro atoms. The van der Waals surface area contributed by atoms with E-state index in [0.29, 0.717) is 6.04 Å². The van der Waals surface area contributed by atoms with E-state index in [1.165, 1.54) is 32.5 Å². The molecule has 0 unspecified atom stereocenters. The second-order valence-electron chi connectivity index (χ2n) is 4.88. The minimum absolute atomic E-state index is 0.696. The molecule has 0 aromatic rings. The summed E-state index contributed by atoms with van der Waals surface area (Å²) in [5.41, 5.74) is 0. The van der Waals surface area contributed by atoms with Crippen molar-refractivity contribution in [2.45, 2.75) is 39.2 Å². The van der Waals surface area contributed by atoms with E-state index in [1.807, 2.05) is 0 Å². The number of piperidine rings is 1. The molecule has 1 N–H and O–H groups in total. The third-order valence-electron chi connectivity index (χ3n) is 2.91. The minimum atomic E-state index is 0.696. The van der Waals surface area contributed by atoms with Crippen LogP contribution in [0.25, 0.3) is 0 Å². The molecule has 0 amide bonds. The van der Waals surface area contributed by atoms with Gasteiger partial charge in [0.05, 0.1) is 0 Å². The lowest BCUT2D eigenvalue weighted by atomic mass is 10.0. The van der Waals surface area contributed by atoms with Crippen molar-refractivity contribution in [3.8, 4) is 12.3 Å². The Hall–Kier alpha value is -0.520. The van der Waals surface area contributed by atoms with Crippen molar-refractivity contribution in [2.24, 2.45) is 5.92 Å². The number of nitrogens with zero attached hydrogens (tertiary/aromatic N) is 1. The van der Waals surface area contributed by atoms with Gasteiger partial charge in [-0.15, -0.1) is 12.3 Å². The van der Waals surface area contributed by atoms with E-state index in [9.17, 15) is 0 Å². The van der Waals surface area contributed by atoms with Gasteiger partial charge in [0, 0.05) is 25.6 Å². The van der Waals surface area contributed by atoms with Crippen LogP contribution in [0, 0.1) is 18.3 Å². The van der Waals surface area contributed by atoms with E-state index >= 15 is 0 Å². The molecule has 1 saturated heterocycles. The number of hydrogen-bond donors (Lipinski definition) is 1. The summed E-state index contributed by atoms with van der Waals surface area (Å²) in [4.78, 5) is 2.57. The van der Waals surface area contributed by atoms with Crippen molar-refractivity contribution >= 4 is 0 Å². The Morgan fingerprint density at radius 2 is 2.07 bits per heavy atom. The van der Waals surface area contributed by atoms with Gasteiger partial charge < -0.3 is 10.2 Å². The first-order valence-corrected chi connectivity index (χ1v) is 6.11. The summed E-state index contributed by atoms with van der Waals surface area (Å²) in [5, 5.41) is 3.53. The first kappa shape index (κ1) is 12.5. The molecule has 0 saturated carbocycles. The van der Waals surface area contributed by atoms with Crippen molar-refractivity contribution in [3.05, 3.63) is 0 Å². The van der Waals surface area contributed by atoms with Gasteiger partial charge in [0.1, 0.15) is 0 Å². The Bertz CT molecular complexity index is 197. The van der Waals surface area contributed by atoms with E-state index in [4.69, 9.17) is 6.42 Å². The monoisotopic (exact) mass is 208 g/mol. The summed E-state index contributed by atoms with van der Waals surface area (Å²) in [7, 11) is 0. The molecule has 0 aromatic heterocycles. The smallest absolute Gasteiger partial charge is 0.0211 e. The molecule has 1 aliphatic heterocycles. The summed E-state index contributed by atoms with van der Waals surface area (Å²) >= 11 is 0. The van der Waals surface area contributed by atoms with Crippen molar-refractivity contribution in [3.63, 3.8) is 0 Å². The normalized spacial score (nSPS) is 19.3. The van der Waals surface area contributed by atoms with Crippen LogP contribution in [0.1, 0.15) is 33.1 Å². The van der Waals surface area contributed by atoms with Crippen LogP contribution < -0.4 is 5.32 Å². The summed E-state index contributed by atoms with van der Waals surface area (Å²) in [5.74, 6) is 3.46. The highest BCUT2D eigenvalue weighted by Gasteiger charge is 2.18. The van der Waals surface area contributed by atoms with Crippen molar-refractivity contribution in [2.75, 3.05) is 26.2 Å². The number of terminal acetylenes is 1. The summed E-state index contributed by atoms with van der Waals surface area (Å²) in [6, 6.07) is 0.696. The van der Waals surface area contributed by atoms with Crippen molar-refractivity contribution < 1.29 is 0 Å². The van der Waals surface area contributed by atoms with Gasteiger partial charge in [-0.3, -0.25) is 0 Å². The molecule has 1 fully saturated rings. The second-order valence-corrected chi connectivity index (χ2v) is 4.88. The fourth-order valence-electron chi connectivity index (χ4n) is 2.18. The van der Waals surface area contributed by atoms with Gasteiger partial charge in [0.25, 0.3) is 0 Å². The van der Waals surface area contributed by atoms with Crippen LogP contribution in [-0.4, -0.2) is 37.1 Å². The zero-order valence-electron chi connectivity index (χ0n) is 10.1. The summed E-state index contributed by atoms with van der Waals surface area (Å²) in [6.07, 6.45) is 8.63. The maximum atomic E-state index is 5.22. The van der Waals surface area contributed by atoms with Crippen LogP contribution in [0.5, 0.6) is 0 Å². The largest absolute Gasteiger partial charge is 0.313 e. The first-order chi connectivity index (χ1) is 7.22. The van der Waals surface area contributed by atoms with Crippen LogP contribution in [0.4, 0.5) is 0 Å². The molecule has 1 heterocycles. The molecule has 0 radical (unpaired) electrons. The van der Waals surface area contributed by atoms with E-state index in [1.54, 1.807) is 0 Å². The number of rotatable bonds is 5. The fourth-order valence-corrected chi connectivity index (χ4v) is 2.18. The predicted octanol–water partition coefficient (Wildman–Crippen LogP) is 1.72. The Balaban J connectivity index is 2.10. The van der Waals surface area contributed by atoms with E-state index < -0.39 is 0 Å². The first-order valence-electron chi connectivity index (χ1n) is 6.11. The zero-order chi connectivity index (χ0) is 11.1. The lowest BCUT2D eigenvalue weighted by molar-refractivity contribution is 0.180. The molecule has 86 valence electrons. The Labute approximate surface area is 94.4 Å². The van der Waals surface area contributed by atoms with Crippen LogP contribution in [0.2, 0.25) is 0 Å². The predicted molar refractivity (Wildman–Crippen MR) is 65.8 cm³/mol. The van der Waals surface area contributed by atoms with Crippen LogP contribution >= 0.6 is 0 Å². The molecular weight excluding hydrogens is 184 g/mol. The second kappa shape index (κ2) is 6.87. The molecule has 0 aliphatic carbocycles. The van der Waals surface area contributed by atoms with E-state index in [2.05, 4.69) is 30.0 Å². The van der Waals surface area contributed by atoms with Crippen molar-refractivity contribution in [1.29, 1.82) is 0 Å². The molecule has 1 aliphatic rings. The number of likely N-dealkylation sites (tertiary alicyclic amines) is 1. The fraction of sp³-hybridized carbons (Fsp3) is 0.846. The van der Waals surface area contributed by atoms with Gasteiger partial charge in [-0.1, -0.05) is 13.8 Å². The molecule has 2 nitrogen and oxygen atoms in total. The molecule has 1 rings (SSSR count). The SMILES string of the molecule is C#CCCNC1CCN(CC(C)C)CC1. The van der Waals surface area contributed by atoms with Gasteiger partial charge in [0.2, 0.25) is 0 Å². The van der Waals surface area contributed by atoms with E-state index in [0.717, 1.165) is 18.9 Å². The maximum absolute atomic E-state index is 5.22. The van der Waals surface area contributed by atoms with Crippen LogP contribution in [-0.2, 0) is 0 Å². The number of hydrogen-bond acceptors (Lipinski definition) is 2. The maximum Gasteiger partial charge on any atom is 0.0211 e. The standard InChI is InChI=1S/C13H24N2/c1-4-5-8-14-13-6-9-15(10-7-13)11-12(2)3/h1,12-14H,5-11H2,2-3H3. The highest BCUT2D eigenvalue weighted by Crippen LogP contribution is 2.11. The highest BCUT2D eigenvalue weighted by molar-refractivity contribution is 4.85. The van der Waals surface area contributed by atoms with Crippen molar-refractivity contribution in [1.82, 2.24) is 10.2 Å². The minimum Gasteiger partial charge on any atom is -0.313 e. The molecule has 15 heavy (non-hydrogen) atoms. The molecule has 2 heteroatoms. The topological polar surface area (TPSA) is 15.3 Å². The Kier molecular flexibility index (Phi) is 5.75. The average Bonchev–Trinajstić information content (AvgIpc) is 2.20. The number of nitrogens with one attached hydrogen (secondary N) is 1. The Morgan fingerprint density at radius 1 is 1.40 bits per heavy atom. The quantitative estimate of drug-likeness (QED) is 0.547. The van der Waals surface area contributed by atoms with Gasteiger partial charge in [-0.2, -0.15) is 0 Å². The lowest BCUT2D eigenvalue weighted by Gasteiger charge is -2.33. The molecule has 0 atom stereocenters. The van der Waals surface area contributed by atoms with E-state index in [-0.39, 0.29) is 0 Å². The lowest BCUT2D eigenvalue weighted by Crippen LogP contribution is -2.43. The highest BCUT2D eigenvalue weighted by atomic mass is 15.1. The van der Waals surface area contributed by atoms with Gasteiger partial charge >= 0.3 is 0 Å².